The van der Waals surface area contributed by atoms with E-state index in [1.165, 1.54) is 25.7 Å². The molecular formula is C16H19ClN2O. The number of nitrogens with zero attached hydrogens (tertiary/aromatic N) is 1. The molecule has 1 aromatic carbocycles. The molecule has 1 amide bonds. The standard InChI is InChI=1S/C16H19ClN2O/c1-16-8-3-2-7-13(16)14(16)15(20)19-18-10-11-5-4-6-12(17)9-11/h4-6,9-10,13-14H,2-3,7-8H2,1H3,(H,19,20)/b18-10-/t13-,14+,16+/m1/s1. The van der Waals surface area contributed by atoms with Gasteiger partial charge in [-0.2, -0.15) is 5.10 Å². The van der Waals surface area contributed by atoms with Gasteiger partial charge in [0.1, 0.15) is 0 Å². The summed E-state index contributed by atoms with van der Waals surface area (Å²) in [5, 5.41) is 4.72. The van der Waals surface area contributed by atoms with Crippen LogP contribution in [0.25, 0.3) is 0 Å². The lowest BCUT2D eigenvalue weighted by molar-refractivity contribution is -0.123. The highest BCUT2D eigenvalue weighted by Crippen LogP contribution is 2.66. The summed E-state index contributed by atoms with van der Waals surface area (Å²) in [6, 6.07) is 7.39. The van der Waals surface area contributed by atoms with E-state index >= 15 is 0 Å². The molecule has 0 spiro atoms. The van der Waals surface area contributed by atoms with Crippen molar-refractivity contribution in [3.05, 3.63) is 34.9 Å². The molecular weight excluding hydrogens is 272 g/mol. The fourth-order valence-electron chi connectivity index (χ4n) is 3.68. The fourth-order valence-corrected chi connectivity index (χ4v) is 3.88. The molecule has 0 unspecified atom stereocenters. The minimum Gasteiger partial charge on any atom is -0.273 e. The van der Waals surface area contributed by atoms with E-state index in [1.54, 1.807) is 6.21 Å². The summed E-state index contributed by atoms with van der Waals surface area (Å²) in [7, 11) is 0. The van der Waals surface area contributed by atoms with Crippen LogP contribution in [-0.4, -0.2) is 12.1 Å². The first-order chi connectivity index (χ1) is 9.61. The number of hydrogen-bond donors (Lipinski definition) is 1. The van der Waals surface area contributed by atoms with Crippen LogP contribution in [0.3, 0.4) is 0 Å². The molecule has 2 fully saturated rings. The van der Waals surface area contributed by atoms with Crippen LogP contribution in [0, 0.1) is 17.3 Å². The van der Waals surface area contributed by atoms with Crippen molar-refractivity contribution in [2.24, 2.45) is 22.4 Å². The SMILES string of the molecule is C[C@]12CCCC[C@@H]1[C@H]2C(=O)N/N=C\c1cccc(Cl)c1. The third kappa shape index (κ3) is 2.47. The number of rotatable bonds is 3. The van der Waals surface area contributed by atoms with Crippen molar-refractivity contribution in [3.8, 4) is 0 Å². The number of nitrogens with one attached hydrogen (secondary N) is 1. The molecule has 4 heteroatoms. The van der Waals surface area contributed by atoms with Gasteiger partial charge in [-0.3, -0.25) is 4.79 Å². The Morgan fingerprint density at radius 3 is 3.05 bits per heavy atom. The molecule has 0 aromatic heterocycles. The Hall–Kier alpha value is -1.35. The summed E-state index contributed by atoms with van der Waals surface area (Å²) in [6.07, 6.45) is 6.51. The van der Waals surface area contributed by atoms with Crippen LogP contribution in [-0.2, 0) is 4.79 Å². The van der Waals surface area contributed by atoms with E-state index in [1.807, 2.05) is 24.3 Å². The van der Waals surface area contributed by atoms with E-state index in [2.05, 4.69) is 17.5 Å². The molecule has 0 aliphatic heterocycles. The lowest BCUT2D eigenvalue weighted by Gasteiger charge is -2.15. The first-order valence-electron chi connectivity index (χ1n) is 7.20. The minimum absolute atomic E-state index is 0.0673. The van der Waals surface area contributed by atoms with Gasteiger partial charge < -0.3 is 0 Å². The number of fused-ring (bicyclic) bond motifs is 1. The van der Waals surface area contributed by atoms with Crippen LogP contribution in [0.4, 0.5) is 0 Å². The Morgan fingerprint density at radius 1 is 1.50 bits per heavy atom. The Balaban J connectivity index is 1.58. The summed E-state index contributed by atoms with van der Waals surface area (Å²) in [5.41, 5.74) is 3.80. The lowest BCUT2D eigenvalue weighted by atomic mass is 9.90. The van der Waals surface area contributed by atoms with Gasteiger partial charge in [0, 0.05) is 10.9 Å². The number of amides is 1. The third-order valence-electron chi connectivity index (χ3n) is 4.85. The van der Waals surface area contributed by atoms with Crippen LogP contribution in [0.15, 0.2) is 29.4 Å². The maximum atomic E-state index is 12.2. The molecule has 0 radical (unpaired) electrons. The van der Waals surface area contributed by atoms with E-state index in [9.17, 15) is 4.79 Å². The van der Waals surface area contributed by atoms with Gasteiger partial charge >= 0.3 is 0 Å². The molecule has 2 saturated carbocycles. The second-order valence-corrected chi connectivity index (χ2v) is 6.56. The van der Waals surface area contributed by atoms with Crippen molar-refractivity contribution >= 4 is 23.7 Å². The zero-order chi connectivity index (χ0) is 14.2. The quantitative estimate of drug-likeness (QED) is 0.670. The number of carbonyl (C=O) groups is 1. The molecule has 0 bridgehead atoms. The van der Waals surface area contributed by atoms with Gasteiger partial charge in [-0.05, 0) is 41.9 Å². The molecule has 0 heterocycles. The predicted molar refractivity (Wildman–Crippen MR) is 80.7 cm³/mol. The van der Waals surface area contributed by atoms with Gasteiger partial charge in [-0.1, -0.05) is 43.5 Å². The highest BCUT2D eigenvalue weighted by Gasteiger charge is 2.64. The van der Waals surface area contributed by atoms with Gasteiger partial charge in [0.15, 0.2) is 0 Å². The van der Waals surface area contributed by atoms with Crippen molar-refractivity contribution < 1.29 is 4.79 Å². The largest absolute Gasteiger partial charge is 0.273 e. The number of carbonyl (C=O) groups excluding carboxylic acids is 1. The maximum Gasteiger partial charge on any atom is 0.244 e. The van der Waals surface area contributed by atoms with Crippen LogP contribution in [0.2, 0.25) is 5.02 Å². The second kappa shape index (κ2) is 5.21. The van der Waals surface area contributed by atoms with E-state index in [4.69, 9.17) is 11.6 Å². The van der Waals surface area contributed by atoms with Crippen LogP contribution in [0.5, 0.6) is 0 Å². The molecule has 106 valence electrons. The Kier molecular flexibility index (Phi) is 3.55. The van der Waals surface area contributed by atoms with Crippen molar-refractivity contribution in [2.45, 2.75) is 32.6 Å². The zero-order valence-corrected chi connectivity index (χ0v) is 12.4. The normalized spacial score (nSPS) is 31.9. The summed E-state index contributed by atoms with van der Waals surface area (Å²) < 4.78 is 0. The molecule has 2 aliphatic carbocycles. The van der Waals surface area contributed by atoms with Crippen molar-refractivity contribution in [1.82, 2.24) is 5.43 Å². The van der Waals surface area contributed by atoms with Crippen LogP contribution in [0.1, 0.15) is 38.2 Å². The van der Waals surface area contributed by atoms with Crippen LogP contribution >= 0.6 is 11.6 Å². The second-order valence-electron chi connectivity index (χ2n) is 6.13. The fraction of sp³-hybridized carbons (Fsp3) is 0.500. The molecule has 3 nitrogen and oxygen atoms in total. The molecule has 0 saturated heterocycles. The average molecular weight is 291 g/mol. The summed E-state index contributed by atoms with van der Waals surface area (Å²) in [6.45, 7) is 2.24. The number of hydrazone groups is 1. The summed E-state index contributed by atoms with van der Waals surface area (Å²) >= 11 is 5.90. The highest BCUT2D eigenvalue weighted by atomic mass is 35.5. The molecule has 3 atom stereocenters. The smallest absolute Gasteiger partial charge is 0.244 e. The highest BCUT2D eigenvalue weighted by molar-refractivity contribution is 6.30. The molecule has 1 N–H and O–H groups in total. The van der Waals surface area contributed by atoms with Gasteiger partial charge in [0.2, 0.25) is 5.91 Å². The topological polar surface area (TPSA) is 41.5 Å². The molecule has 1 aromatic rings. The van der Waals surface area contributed by atoms with Crippen molar-refractivity contribution in [3.63, 3.8) is 0 Å². The minimum atomic E-state index is 0.0673. The molecule has 20 heavy (non-hydrogen) atoms. The maximum absolute atomic E-state index is 12.2. The Labute approximate surface area is 124 Å². The van der Waals surface area contributed by atoms with Gasteiger partial charge in [0.25, 0.3) is 0 Å². The number of hydrogen-bond acceptors (Lipinski definition) is 2. The van der Waals surface area contributed by atoms with E-state index in [-0.39, 0.29) is 17.2 Å². The Bertz CT molecular complexity index is 557. The third-order valence-corrected chi connectivity index (χ3v) is 5.09. The lowest BCUT2D eigenvalue weighted by Crippen LogP contribution is -2.22. The summed E-state index contributed by atoms with van der Waals surface area (Å²) in [5.74, 6) is 0.789. The number of benzene rings is 1. The van der Waals surface area contributed by atoms with E-state index in [0.29, 0.717) is 10.9 Å². The molecule has 3 rings (SSSR count). The zero-order valence-electron chi connectivity index (χ0n) is 11.6. The van der Waals surface area contributed by atoms with Crippen molar-refractivity contribution in [2.75, 3.05) is 0 Å². The number of halogens is 1. The van der Waals surface area contributed by atoms with E-state index < -0.39 is 0 Å². The predicted octanol–water partition coefficient (Wildman–Crippen LogP) is 3.62. The summed E-state index contributed by atoms with van der Waals surface area (Å²) in [4.78, 5) is 12.2. The van der Waals surface area contributed by atoms with E-state index in [0.717, 1.165) is 5.56 Å². The van der Waals surface area contributed by atoms with Crippen LogP contribution < -0.4 is 5.43 Å². The van der Waals surface area contributed by atoms with Gasteiger partial charge in [0.05, 0.1) is 6.21 Å². The Morgan fingerprint density at radius 2 is 2.35 bits per heavy atom. The first kappa shape index (κ1) is 13.6. The van der Waals surface area contributed by atoms with Crippen molar-refractivity contribution in [1.29, 1.82) is 0 Å². The van der Waals surface area contributed by atoms with Gasteiger partial charge in [-0.25, -0.2) is 5.43 Å². The molecule has 2 aliphatic rings. The average Bonchev–Trinajstić information content (AvgIpc) is 3.04. The van der Waals surface area contributed by atoms with Gasteiger partial charge in [-0.15, -0.1) is 0 Å². The first-order valence-corrected chi connectivity index (χ1v) is 7.57. The monoisotopic (exact) mass is 290 g/mol.